The maximum absolute atomic E-state index is 12.9. The molecule has 0 N–H and O–H groups in total. The fourth-order valence-corrected chi connectivity index (χ4v) is 2.04. The first-order chi connectivity index (χ1) is 8.43. The topological polar surface area (TPSA) is 30.7 Å². The SMILES string of the molecule is FC(F)(F)c1cc(Br)ccc1-n1cnnc1CCl. The number of rotatable bonds is 2. The summed E-state index contributed by atoms with van der Waals surface area (Å²) in [5.41, 5.74) is -0.825. The number of benzene rings is 1. The molecule has 18 heavy (non-hydrogen) atoms. The highest BCUT2D eigenvalue weighted by molar-refractivity contribution is 9.10. The average molecular weight is 341 g/mol. The van der Waals surface area contributed by atoms with Crippen LogP contribution in [0.5, 0.6) is 0 Å². The third-order valence-electron chi connectivity index (χ3n) is 2.26. The number of alkyl halides is 4. The van der Waals surface area contributed by atoms with Crippen LogP contribution in [-0.2, 0) is 12.1 Å². The van der Waals surface area contributed by atoms with Gasteiger partial charge in [0.05, 0.1) is 17.1 Å². The van der Waals surface area contributed by atoms with E-state index in [2.05, 4.69) is 26.1 Å². The largest absolute Gasteiger partial charge is 0.418 e. The molecule has 3 nitrogen and oxygen atoms in total. The number of halogens is 5. The Bertz CT molecular complexity index is 568. The second-order valence-electron chi connectivity index (χ2n) is 3.41. The Morgan fingerprint density at radius 2 is 2.06 bits per heavy atom. The monoisotopic (exact) mass is 339 g/mol. The summed E-state index contributed by atoms with van der Waals surface area (Å²) in [6, 6.07) is 3.86. The molecule has 0 saturated heterocycles. The van der Waals surface area contributed by atoms with Gasteiger partial charge in [-0.2, -0.15) is 13.2 Å². The predicted octanol–water partition coefficient (Wildman–Crippen LogP) is 3.79. The number of hydrogen-bond donors (Lipinski definition) is 0. The summed E-state index contributed by atoms with van der Waals surface area (Å²) in [4.78, 5) is 0. The Morgan fingerprint density at radius 1 is 1.33 bits per heavy atom. The van der Waals surface area contributed by atoms with Gasteiger partial charge in [0.25, 0.3) is 0 Å². The first-order valence-corrected chi connectivity index (χ1v) is 6.08. The zero-order valence-electron chi connectivity index (χ0n) is 8.75. The van der Waals surface area contributed by atoms with E-state index in [1.165, 1.54) is 23.0 Å². The van der Waals surface area contributed by atoms with E-state index in [0.717, 1.165) is 6.07 Å². The maximum atomic E-state index is 12.9. The fraction of sp³-hybridized carbons (Fsp3) is 0.200. The van der Waals surface area contributed by atoms with Gasteiger partial charge in [0, 0.05) is 4.47 Å². The summed E-state index contributed by atoms with van der Waals surface area (Å²) in [6.45, 7) is 0. The second kappa shape index (κ2) is 4.89. The molecule has 2 aromatic rings. The lowest BCUT2D eigenvalue weighted by atomic mass is 10.1. The first-order valence-electron chi connectivity index (χ1n) is 4.75. The van der Waals surface area contributed by atoms with E-state index in [1.54, 1.807) is 0 Å². The Hall–Kier alpha value is -1.08. The van der Waals surface area contributed by atoms with Crippen LogP contribution >= 0.6 is 27.5 Å². The van der Waals surface area contributed by atoms with Crippen molar-refractivity contribution in [3.05, 3.63) is 40.4 Å². The molecule has 0 atom stereocenters. The van der Waals surface area contributed by atoms with Crippen molar-refractivity contribution in [2.45, 2.75) is 12.1 Å². The van der Waals surface area contributed by atoms with E-state index in [-0.39, 0.29) is 17.4 Å². The molecule has 1 heterocycles. The summed E-state index contributed by atoms with van der Waals surface area (Å²) in [5.74, 6) is 0.234. The third-order valence-corrected chi connectivity index (χ3v) is 2.99. The fourth-order valence-electron chi connectivity index (χ4n) is 1.50. The van der Waals surface area contributed by atoms with Crippen LogP contribution < -0.4 is 0 Å². The molecule has 0 fully saturated rings. The lowest BCUT2D eigenvalue weighted by Gasteiger charge is -2.14. The molecule has 1 aromatic heterocycles. The molecule has 0 saturated carbocycles. The Labute approximate surface area is 114 Å². The Balaban J connectivity index is 2.65. The third kappa shape index (κ3) is 2.51. The van der Waals surface area contributed by atoms with Crippen molar-refractivity contribution in [3.63, 3.8) is 0 Å². The zero-order valence-corrected chi connectivity index (χ0v) is 11.1. The van der Waals surface area contributed by atoms with Crippen molar-refractivity contribution in [3.8, 4) is 5.69 Å². The summed E-state index contributed by atoms with van der Waals surface area (Å²) >= 11 is 8.63. The van der Waals surface area contributed by atoms with Crippen molar-refractivity contribution in [2.24, 2.45) is 0 Å². The van der Waals surface area contributed by atoms with E-state index < -0.39 is 11.7 Å². The van der Waals surface area contributed by atoms with E-state index in [0.29, 0.717) is 4.47 Å². The molecule has 0 aliphatic rings. The molecule has 0 spiro atoms. The molecule has 1 aromatic carbocycles. The van der Waals surface area contributed by atoms with Gasteiger partial charge in [-0.15, -0.1) is 21.8 Å². The molecule has 96 valence electrons. The summed E-state index contributed by atoms with van der Waals surface area (Å²) in [6.07, 6.45) is -3.26. The summed E-state index contributed by atoms with van der Waals surface area (Å²) < 4.78 is 40.4. The van der Waals surface area contributed by atoms with Gasteiger partial charge in [0.1, 0.15) is 6.33 Å². The maximum Gasteiger partial charge on any atom is 0.418 e. The quantitative estimate of drug-likeness (QED) is 0.779. The van der Waals surface area contributed by atoms with Gasteiger partial charge in [-0.05, 0) is 18.2 Å². The van der Waals surface area contributed by atoms with Crippen LogP contribution in [0.15, 0.2) is 29.0 Å². The average Bonchev–Trinajstić information content (AvgIpc) is 2.75. The molecule has 0 radical (unpaired) electrons. The molecule has 0 aliphatic carbocycles. The molecule has 0 aliphatic heterocycles. The summed E-state index contributed by atoms with van der Waals surface area (Å²) in [5, 5.41) is 7.22. The molecule has 8 heteroatoms. The highest BCUT2D eigenvalue weighted by Gasteiger charge is 2.34. The van der Waals surface area contributed by atoms with E-state index in [1.807, 2.05) is 0 Å². The van der Waals surface area contributed by atoms with Crippen molar-refractivity contribution >= 4 is 27.5 Å². The van der Waals surface area contributed by atoms with Crippen LogP contribution in [0.3, 0.4) is 0 Å². The predicted molar refractivity (Wildman–Crippen MR) is 63.6 cm³/mol. The molecular weight excluding hydrogens is 334 g/mol. The standard InChI is InChI=1S/C10H6BrClF3N3/c11-6-1-2-8(7(3-6)10(13,14)15)18-5-16-17-9(18)4-12/h1-3,5H,4H2. The van der Waals surface area contributed by atoms with Crippen LogP contribution in [-0.4, -0.2) is 14.8 Å². The highest BCUT2D eigenvalue weighted by atomic mass is 79.9. The lowest BCUT2D eigenvalue weighted by molar-refractivity contribution is -0.137. The van der Waals surface area contributed by atoms with Gasteiger partial charge < -0.3 is 0 Å². The molecule has 0 unspecified atom stereocenters. The number of hydrogen-bond acceptors (Lipinski definition) is 2. The molecular formula is C10H6BrClF3N3. The molecule has 2 rings (SSSR count). The zero-order chi connectivity index (χ0) is 13.3. The van der Waals surface area contributed by atoms with E-state index in [9.17, 15) is 13.2 Å². The van der Waals surface area contributed by atoms with Crippen LogP contribution in [0.25, 0.3) is 5.69 Å². The lowest BCUT2D eigenvalue weighted by Crippen LogP contribution is -2.11. The minimum atomic E-state index is -4.47. The van der Waals surface area contributed by atoms with Crippen molar-refractivity contribution in [2.75, 3.05) is 0 Å². The van der Waals surface area contributed by atoms with Crippen molar-refractivity contribution in [1.29, 1.82) is 0 Å². The minimum Gasteiger partial charge on any atom is -0.284 e. The van der Waals surface area contributed by atoms with Gasteiger partial charge >= 0.3 is 6.18 Å². The van der Waals surface area contributed by atoms with Crippen LogP contribution in [0.1, 0.15) is 11.4 Å². The van der Waals surface area contributed by atoms with Gasteiger partial charge in [-0.3, -0.25) is 4.57 Å². The van der Waals surface area contributed by atoms with E-state index >= 15 is 0 Å². The van der Waals surface area contributed by atoms with Gasteiger partial charge in [0.15, 0.2) is 5.82 Å². The number of nitrogens with zero attached hydrogens (tertiary/aromatic N) is 3. The second-order valence-corrected chi connectivity index (χ2v) is 4.59. The Morgan fingerprint density at radius 3 is 2.67 bits per heavy atom. The minimum absolute atomic E-state index is 0.0205. The smallest absolute Gasteiger partial charge is 0.284 e. The molecule has 0 amide bonds. The van der Waals surface area contributed by atoms with Crippen LogP contribution in [0, 0.1) is 0 Å². The molecule has 0 bridgehead atoms. The van der Waals surface area contributed by atoms with Crippen molar-refractivity contribution < 1.29 is 13.2 Å². The Kier molecular flexibility index (Phi) is 3.63. The van der Waals surface area contributed by atoms with Gasteiger partial charge in [-0.1, -0.05) is 15.9 Å². The highest BCUT2D eigenvalue weighted by Crippen LogP contribution is 2.35. The van der Waals surface area contributed by atoms with Crippen LogP contribution in [0.2, 0.25) is 0 Å². The van der Waals surface area contributed by atoms with Crippen molar-refractivity contribution in [1.82, 2.24) is 14.8 Å². The summed E-state index contributed by atoms with van der Waals surface area (Å²) in [7, 11) is 0. The van der Waals surface area contributed by atoms with Gasteiger partial charge in [0.2, 0.25) is 0 Å². The van der Waals surface area contributed by atoms with Gasteiger partial charge in [-0.25, -0.2) is 0 Å². The normalized spacial score (nSPS) is 11.8. The number of aromatic nitrogens is 3. The van der Waals surface area contributed by atoms with Crippen LogP contribution in [0.4, 0.5) is 13.2 Å². The first kappa shape index (κ1) is 13.4. The van der Waals surface area contributed by atoms with E-state index in [4.69, 9.17) is 11.6 Å².